The second kappa shape index (κ2) is 11.3. The molecule has 3 saturated heterocycles. The lowest BCUT2D eigenvalue weighted by Crippen LogP contribution is -2.36. The Balaban J connectivity index is 1.14. The van der Waals surface area contributed by atoms with Crippen molar-refractivity contribution in [2.75, 3.05) is 13.2 Å². The zero-order chi connectivity index (χ0) is 30.9. The maximum Gasteiger partial charge on any atom is 0.697 e. The Bertz CT molecular complexity index is 1820. The van der Waals surface area contributed by atoms with Gasteiger partial charge in [-0.3, -0.25) is 13.7 Å². The number of ether oxygens (including phenoxy) is 2. The third-order valence-electron chi connectivity index (χ3n) is 7.54. The first-order chi connectivity index (χ1) is 21.0. The molecule has 3 aliphatic heterocycles. The van der Waals surface area contributed by atoms with Gasteiger partial charge in [0.15, 0.2) is 42.2 Å². The lowest BCUT2D eigenvalue weighted by atomic mass is 10.1. The number of alkyl halides is 2. The van der Waals surface area contributed by atoms with Gasteiger partial charge in [-0.1, -0.05) is 0 Å². The van der Waals surface area contributed by atoms with Gasteiger partial charge in [0.25, 0.3) is 0 Å². The largest absolute Gasteiger partial charge is 0.697 e. The molecule has 16 nitrogen and oxygen atoms in total. The number of aromatic nitrogens is 8. The molecule has 3 aliphatic rings. The van der Waals surface area contributed by atoms with E-state index in [2.05, 4.69) is 29.9 Å². The summed E-state index contributed by atoms with van der Waals surface area (Å²) in [7, 11) is -2.97. The van der Waals surface area contributed by atoms with Crippen molar-refractivity contribution in [3.8, 4) is 0 Å². The van der Waals surface area contributed by atoms with E-state index in [4.69, 9.17) is 39.4 Å². The van der Waals surface area contributed by atoms with Crippen LogP contribution in [0.3, 0.4) is 0 Å². The van der Waals surface area contributed by atoms with Crippen LogP contribution in [0.2, 0.25) is 0 Å². The van der Waals surface area contributed by atoms with Crippen molar-refractivity contribution in [3.05, 3.63) is 36.2 Å². The van der Waals surface area contributed by atoms with Crippen molar-refractivity contribution < 1.29 is 45.8 Å². The Morgan fingerprint density at radius 2 is 1.55 bits per heavy atom. The summed E-state index contributed by atoms with van der Waals surface area (Å²) in [5.41, 5.74) is 2.66. The van der Waals surface area contributed by atoms with E-state index in [1.807, 2.05) is 0 Å². The minimum Gasteiger partial charge on any atom is -0.346 e. The fourth-order valence-corrected chi connectivity index (χ4v) is 7.72. The van der Waals surface area contributed by atoms with Crippen LogP contribution in [0.15, 0.2) is 19.0 Å². The Labute approximate surface area is 253 Å². The molecule has 0 bridgehead atoms. The second-order valence-electron chi connectivity index (χ2n) is 10.4. The number of imidazole rings is 2. The van der Waals surface area contributed by atoms with Crippen LogP contribution in [0.5, 0.6) is 0 Å². The Hall–Kier alpha value is -2.57. The quantitative estimate of drug-likeness (QED) is 0.307. The standard InChI is InChI=1S/C23H24F2N8O8P2S/c1-9-16-20(27-6-26-9)32(7-28-16)23-15(25)19-12(38-23)4-36-42(34)40-18-13(5-37-43(35,44)41-19)39-22(14(18)24)33-8-29-17-10(2)30-11(3)31-21(17)33/h6-8,12-15,18-19,22-23H,4-5H2,1-3H3/p+1/t12-,13-,14-,15-,18-,19-,22?,23-,43?/m1/s1. The number of rotatable bonds is 2. The Kier molecular flexibility index (Phi) is 7.76. The highest BCUT2D eigenvalue weighted by Gasteiger charge is 2.55. The molecular weight excluding hydrogens is 648 g/mol. The summed E-state index contributed by atoms with van der Waals surface area (Å²) in [5, 5.41) is 0. The summed E-state index contributed by atoms with van der Waals surface area (Å²) >= 11 is 5.19. The van der Waals surface area contributed by atoms with E-state index in [1.165, 1.54) is 28.1 Å². The van der Waals surface area contributed by atoms with Gasteiger partial charge in [0.05, 0.1) is 30.6 Å². The van der Waals surface area contributed by atoms with E-state index in [0.717, 1.165) is 0 Å². The highest BCUT2D eigenvalue weighted by Crippen LogP contribution is 2.52. The molecule has 0 amide bonds. The summed E-state index contributed by atoms with van der Waals surface area (Å²) in [6.45, 7) is -0.0988. The van der Waals surface area contributed by atoms with Crippen molar-refractivity contribution in [1.29, 1.82) is 0 Å². The summed E-state index contributed by atoms with van der Waals surface area (Å²) in [4.78, 5) is 36.3. The van der Waals surface area contributed by atoms with Crippen molar-refractivity contribution in [3.63, 3.8) is 0 Å². The number of aryl methyl sites for hydroxylation is 3. The first-order valence-corrected chi connectivity index (χ1v) is 17.0. The number of hydrogen-bond acceptors (Lipinski definition) is 14. The Morgan fingerprint density at radius 3 is 2.27 bits per heavy atom. The Morgan fingerprint density at radius 1 is 0.909 bits per heavy atom. The van der Waals surface area contributed by atoms with Crippen LogP contribution in [0.25, 0.3) is 22.3 Å². The molecule has 10 atom stereocenters. The minimum absolute atomic E-state index is 0.299. The van der Waals surface area contributed by atoms with Crippen molar-refractivity contribution in [2.24, 2.45) is 0 Å². The van der Waals surface area contributed by atoms with Crippen molar-refractivity contribution in [1.82, 2.24) is 39.0 Å². The van der Waals surface area contributed by atoms with Gasteiger partial charge >= 0.3 is 15.0 Å². The first kappa shape index (κ1) is 30.1. The summed E-state index contributed by atoms with van der Waals surface area (Å²) in [6, 6.07) is 0. The normalized spacial score (nSPS) is 35.8. The van der Waals surface area contributed by atoms with Gasteiger partial charge in [-0.25, -0.2) is 38.7 Å². The molecule has 1 N–H and O–H groups in total. The summed E-state index contributed by atoms with van der Waals surface area (Å²) in [5.74, 6) is 0.441. The molecule has 0 aliphatic carbocycles. The molecule has 7 rings (SSSR count). The molecule has 21 heteroatoms. The van der Waals surface area contributed by atoms with Crippen LogP contribution in [-0.4, -0.2) is 93.9 Å². The van der Waals surface area contributed by atoms with E-state index in [0.29, 0.717) is 39.5 Å². The molecule has 3 fully saturated rings. The van der Waals surface area contributed by atoms with Gasteiger partial charge in [0, 0.05) is 4.57 Å². The lowest BCUT2D eigenvalue weighted by Gasteiger charge is -2.25. The maximum atomic E-state index is 16.0. The van der Waals surface area contributed by atoms with Crippen LogP contribution in [-0.2, 0) is 43.9 Å². The van der Waals surface area contributed by atoms with Crippen molar-refractivity contribution >= 4 is 49.1 Å². The third-order valence-corrected chi connectivity index (χ3v) is 9.88. The van der Waals surface area contributed by atoms with E-state index in [1.54, 1.807) is 20.8 Å². The van der Waals surface area contributed by atoms with Gasteiger partial charge < -0.3 is 18.9 Å². The van der Waals surface area contributed by atoms with Gasteiger partial charge in [0.2, 0.25) is 0 Å². The van der Waals surface area contributed by atoms with E-state index in [9.17, 15) is 9.46 Å². The third kappa shape index (κ3) is 5.24. The average Bonchev–Trinajstić information content (AvgIpc) is 3.72. The zero-order valence-electron chi connectivity index (χ0n) is 23.2. The molecule has 0 saturated carbocycles. The number of nitrogens with zero attached hydrogens (tertiary/aromatic N) is 8. The smallest absolute Gasteiger partial charge is 0.346 e. The van der Waals surface area contributed by atoms with E-state index in [-0.39, 0.29) is 0 Å². The molecule has 44 heavy (non-hydrogen) atoms. The predicted molar refractivity (Wildman–Crippen MR) is 148 cm³/mol. The van der Waals surface area contributed by atoms with Crippen LogP contribution in [0.4, 0.5) is 8.78 Å². The SMILES string of the molecule is Cc1nc(C)c2ncn(C3O[C@@H]4COP(O)(=S)O[C@H]5[C@@H](F)[C@H](n6cnc7c(C)ncnc76)O[C@@H]5CO[P+](=O)O[C@H]4[C@H]3F)c2n1. The minimum atomic E-state index is -4.18. The second-order valence-corrected chi connectivity index (χ2v) is 14.1. The molecule has 4 aromatic rings. The molecule has 3 unspecified atom stereocenters. The summed E-state index contributed by atoms with van der Waals surface area (Å²) in [6.07, 6.45) is -7.96. The van der Waals surface area contributed by atoms with E-state index < -0.39 is 77.4 Å². The maximum absolute atomic E-state index is 16.0. The number of halogens is 2. The molecule has 0 radical (unpaired) electrons. The van der Waals surface area contributed by atoms with Gasteiger partial charge in [-0.2, -0.15) is 0 Å². The highest BCUT2D eigenvalue weighted by molar-refractivity contribution is 8.07. The molecule has 234 valence electrons. The predicted octanol–water partition coefficient (Wildman–Crippen LogP) is 2.75. The van der Waals surface area contributed by atoms with Gasteiger partial charge in [-0.05, 0) is 32.6 Å². The van der Waals surface area contributed by atoms with Gasteiger partial charge in [-0.15, -0.1) is 9.05 Å². The molecule has 0 spiro atoms. The van der Waals surface area contributed by atoms with Gasteiger partial charge in [0.1, 0.15) is 48.1 Å². The van der Waals surface area contributed by atoms with Crippen LogP contribution in [0, 0.1) is 20.8 Å². The first-order valence-electron chi connectivity index (χ1n) is 13.3. The lowest BCUT2D eigenvalue weighted by molar-refractivity contribution is -0.0558. The molecule has 7 heterocycles. The van der Waals surface area contributed by atoms with Crippen LogP contribution in [0.1, 0.15) is 29.7 Å². The molecular formula is C23H25F2N8O8P2S+. The van der Waals surface area contributed by atoms with Crippen LogP contribution < -0.4 is 0 Å². The summed E-state index contributed by atoms with van der Waals surface area (Å²) < 4.78 is 81.3. The monoisotopic (exact) mass is 673 g/mol. The fourth-order valence-electron chi connectivity index (χ4n) is 5.51. The zero-order valence-corrected chi connectivity index (χ0v) is 25.8. The van der Waals surface area contributed by atoms with E-state index >= 15 is 8.78 Å². The molecule has 4 aromatic heterocycles. The van der Waals surface area contributed by atoms with Crippen LogP contribution >= 0.6 is 15.0 Å². The number of fused-ring (bicyclic) bond motifs is 4. The number of hydrogen-bond donors (Lipinski definition) is 1. The molecule has 0 aromatic carbocycles. The highest BCUT2D eigenvalue weighted by atomic mass is 32.5. The fraction of sp³-hybridized carbons (Fsp3) is 0.565. The van der Waals surface area contributed by atoms with Crippen molar-refractivity contribution in [2.45, 2.75) is 70.0 Å². The average molecular weight is 674 g/mol. The topological polar surface area (TPSA) is 180 Å².